The second-order valence-electron chi connectivity index (χ2n) is 6.53. The van der Waals surface area contributed by atoms with Crippen LogP contribution in [-0.4, -0.2) is 47.0 Å². The van der Waals surface area contributed by atoms with Gasteiger partial charge in [0, 0.05) is 50.8 Å². The van der Waals surface area contributed by atoms with Crippen molar-refractivity contribution in [2.45, 2.75) is 6.92 Å². The van der Waals surface area contributed by atoms with Crippen LogP contribution in [0, 0.1) is 17.5 Å². The van der Waals surface area contributed by atoms with Crippen molar-refractivity contribution in [2.24, 2.45) is 0 Å². The van der Waals surface area contributed by atoms with Crippen LogP contribution in [0.5, 0.6) is 0 Å². The van der Waals surface area contributed by atoms with Gasteiger partial charge in [-0.15, -0.1) is 0 Å². The molecule has 0 spiro atoms. The molecular weight excluding hydrogens is 357 g/mol. The van der Waals surface area contributed by atoms with Crippen LogP contribution in [0.3, 0.4) is 0 Å². The van der Waals surface area contributed by atoms with Crippen LogP contribution < -0.4 is 4.90 Å². The summed E-state index contributed by atoms with van der Waals surface area (Å²) in [5, 5.41) is 0. The number of aromatic nitrogens is 2. The Balaban J connectivity index is 1.66. The van der Waals surface area contributed by atoms with Gasteiger partial charge in [0.15, 0.2) is 11.6 Å². The van der Waals surface area contributed by atoms with Crippen molar-refractivity contribution in [1.82, 2.24) is 14.9 Å². The van der Waals surface area contributed by atoms with Crippen molar-refractivity contribution >= 4 is 22.6 Å². The lowest BCUT2D eigenvalue weighted by molar-refractivity contribution is -0.129. The van der Waals surface area contributed by atoms with E-state index >= 15 is 0 Å². The molecule has 1 amide bonds. The predicted molar refractivity (Wildman–Crippen MR) is 95.9 cm³/mol. The first-order valence-electron chi connectivity index (χ1n) is 8.57. The average Bonchev–Trinajstić information content (AvgIpc) is 3.05. The Labute approximate surface area is 153 Å². The molecule has 27 heavy (non-hydrogen) atoms. The van der Waals surface area contributed by atoms with Crippen LogP contribution in [0.2, 0.25) is 0 Å². The number of benzene rings is 2. The van der Waals surface area contributed by atoms with Crippen LogP contribution in [0.4, 0.5) is 18.9 Å². The van der Waals surface area contributed by atoms with E-state index in [9.17, 15) is 18.0 Å². The Morgan fingerprint density at radius 1 is 1.00 bits per heavy atom. The zero-order valence-corrected chi connectivity index (χ0v) is 14.6. The maximum atomic E-state index is 14.4. The molecule has 1 aliphatic rings. The molecule has 1 aromatic heterocycles. The highest BCUT2D eigenvalue weighted by atomic mass is 19.2. The molecule has 140 valence electrons. The molecule has 5 nitrogen and oxygen atoms in total. The molecule has 0 radical (unpaired) electrons. The number of rotatable bonds is 2. The van der Waals surface area contributed by atoms with Gasteiger partial charge in [-0.1, -0.05) is 0 Å². The van der Waals surface area contributed by atoms with Crippen molar-refractivity contribution in [2.75, 3.05) is 31.1 Å². The molecule has 2 heterocycles. The standard InChI is InChI=1S/C19H17F3N4O/c1-11(27)25-4-6-26(7-5-25)18-8-12(2-3-13(18)20)19-23-16-9-14(21)15(22)10-17(16)24-19/h2-3,8-10H,4-7H2,1H3,(H,23,24). The number of nitrogens with zero attached hydrogens (tertiary/aromatic N) is 3. The monoisotopic (exact) mass is 374 g/mol. The fourth-order valence-electron chi connectivity index (χ4n) is 3.31. The van der Waals surface area contributed by atoms with Gasteiger partial charge >= 0.3 is 0 Å². The van der Waals surface area contributed by atoms with E-state index in [4.69, 9.17) is 0 Å². The quantitative estimate of drug-likeness (QED) is 0.749. The number of anilines is 1. The highest BCUT2D eigenvalue weighted by Crippen LogP contribution is 2.28. The zero-order chi connectivity index (χ0) is 19.1. The second-order valence-corrected chi connectivity index (χ2v) is 6.53. The van der Waals surface area contributed by atoms with Crippen molar-refractivity contribution in [3.8, 4) is 11.4 Å². The van der Waals surface area contributed by atoms with Gasteiger partial charge in [0.05, 0.1) is 16.7 Å². The Morgan fingerprint density at radius 2 is 1.70 bits per heavy atom. The van der Waals surface area contributed by atoms with E-state index in [1.54, 1.807) is 17.0 Å². The normalized spacial score (nSPS) is 14.8. The fraction of sp³-hybridized carbons (Fsp3) is 0.263. The molecule has 0 saturated carbocycles. The molecule has 3 aromatic rings. The number of H-pyrrole nitrogens is 1. The summed E-state index contributed by atoms with van der Waals surface area (Å²) in [5.41, 5.74) is 1.68. The number of fused-ring (bicyclic) bond motifs is 1. The number of carbonyl (C=O) groups excluding carboxylic acids is 1. The summed E-state index contributed by atoms with van der Waals surface area (Å²) in [6.45, 7) is 3.63. The molecule has 0 atom stereocenters. The van der Waals surface area contributed by atoms with Gasteiger partial charge in [-0.05, 0) is 18.2 Å². The lowest BCUT2D eigenvalue weighted by Gasteiger charge is -2.35. The average molecular weight is 374 g/mol. The van der Waals surface area contributed by atoms with E-state index in [1.165, 1.54) is 13.0 Å². The molecule has 0 unspecified atom stereocenters. The smallest absolute Gasteiger partial charge is 0.219 e. The van der Waals surface area contributed by atoms with Gasteiger partial charge in [-0.25, -0.2) is 18.2 Å². The number of imidazole rings is 1. The Kier molecular flexibility index (Phi) is 4.25. The van der Waals surface area contributed by atoms with Gasteiger partial charge in [0.25, 0.3) is 0 Å². The van der Waals surface area contributed by atoms with E-state index in [1.807, 2.05) is 4.90 Å². The Bertz CT molecular complexity index is 986. The summed E-state index contributed by atoms with van der Waals surface area (Å²) >= 11 is 0. The Morgan fingerprint density at radius 3 is 2.41 bits per heavy atom. The summed E-state index contributed by atoms with van der Waals surface area (Å²) in [6, 6.07) is 6.64. The first kappa shape index (κ1) is 17.4. The third kappa shape index (κ3) is 3.22. The molecule has 1 N–H and O–H groups in total. The van der Waals surface area contributed by atoms with Gasteiger partial charge in [-0.3, -0.25) is 4.79 Å². The van der Waals surface area contributed by atoms with E-state index in [-0.39, 0.29) is 11.7 Å². The SMILES string of the molecule is CC(=O)N1CCN(c2cc(-c3nc4cc(F)c(F)cc4[nH]3)ccc2F)CC1. The summed E-state index contributed by atoms with van der Waals surface area (Å²) < 4.78 is 41.2. The largest absolute Gasteiger partial charge is 0.366 e. The van der Waals surface area contributed by atoms with E-state index in [2.05, 4.69) is 9.97 Å². The number of carbonyl (C=O) groups is 1. The maximum absolute atomic E-state index is 14.4. The van der Waals surface area contributed by atoms with Crippen molar-refractivity contribution in [3.63, 3.8) is 0 Å². The molecule has 0 aliphatic carbocycles. The van der Waals surface area contributed by atoms with Crippen molar-refractivity contribution < 1.29 is 18.0 Å². The van der Waals surface area contributed by atoms with Gasteiger partial charge in [0.2, 0.25) is 5.91 Å². The fourth-order valence-corrected chi connectivity index (χ4v) is 3.31. The number of amides is 1. The molecule has 1 aliphatic heterocycles. The second kappa shape index (κ2) is 6.61. The van der Waals surface area contributed by atoms with E-state index in [0.717, 1.165) is 12.1 Å². The molecular formula is C19H17F3N4O. The van der Waals surface area contributed by atoms with Crippen molar-refractivity contribution in [1.29, 1.82) is 0 Å². The molecule has 8 heteroatoms. The lowest BCUT2D eigenvalue weighted by atomic mass is 10.1. The molecule has 1 saturated heterocycles. The minimum Gasteiger partial charge on any atom is -0.366 e. The van der Waals surface area contributed by atoms with Crippen LogP contribution in [0.15, 0.2) is 30.3 Å². The van der Waals surface area contributed by atoms with Gasteiger partial charge < -0.3 is 14.8 Å². The predicted octanol–water partition coefficient (Wildman–Crippen LogP) is 3.32. The van der Waals surface area contributed by atoms with Gasteiger partial charge in [-0.2, -0.15) is 0 Å². The van der Waals surface area contributed by atoms with Crippen LogP contribution in [0.1, 0.15) is 6.92 Å². The molecule has 0 bridgehead atoms. The molecule has 2 aromatic carbocycles. The number of halogens is 3. The first-order chi connectivity index (χ1) is 12.9. The maximum Gasteiger partial charge on any atom is 0.219 e. The third-order valence-electron chi connectivity index (χ3n) is 4.81. The topological polar surface area (TPSA) is 52.2 Å². The summed E-state index contributed by atoms with van der Waals surface area (Å²) in [6.07, 6.45) is 0. The van der Waals surface area contributed by atoms with Crippen LogP contribution in [-0.2, 0) is 4.79 Å². The minimum absolute atomic E-state index is 0.00520. The first-order valence-corrected chi connectivity index (χ1v) is 8.57. The van der Waals surface area contributed by atoms with E-state index in [0.29, 0.717) is 54.3 Å². The number of hydrogen-bond donors (Lipinski definition) is 1. The summed E-state index contributed by atoms with van der Waals surface area (Å²) in [7, 11) is 0. The number of piperazine rings is 1. The number of nitrogens with one attached hydrogen (secondary N) is 1. The summed E-state index contributed by atoms with van der Waals surface area (Å²) in [5.74, 6) is -1.89. The van der Waals surface area contributed by atoms with Crippen LogP contribution >= 0.6 is 0 Å². The number of aromatic amines is 1. The lowest BCUT2D eigenvalue weighted by Crippen LogP contribution is -2.48. The minimum atomic E-state index is -0.969. The molecule has 4 rings (SSSR count). The van der Waals surface area contributed by atoms with E-state index < -0.39 is 11.6 Å². The third-order valence-corrected chi connectivity index (χ3v) is 4.81. The summed E-state index contributed by atoms with van der Waals surface area (Å²) in [4.78, 5) is 22.3. The molecule has 1 fully saturated rings. The highest BCUT2D eigenvalue weighted by molar-refractivity contribution is 5.80. The van der Waals surface area contributed by atoms with Crippen molar-refractivity contribution in [3.05, 3.63) is 47.8 Å². The zero-order valence-electron chi connectivity index (χ0n) is 14.6. The van der Waals surface area contributed by atoms with Crippen LogP contribution in [0.25, 0.3) is 22.4 Å². The Hall–Kier alpha value is -3.03. The van der Waals surface area contributed by atoms with Gasteiger partial charge in [0.1, 0.15) is 11.6 Å². The number of hydrogen-bond acceptors (Lipinski definition) is 3. The highest BCUT2D eigenvalue weighted by Gasteiger charge is 2.21.